The van der Waals surface area contributed by atoms with Gasteiger partial charge in [-0.05, 0) is 63.5 Å². The van der Waals surface area contributed by atoms with Crippen molar-refractivity contribution in [3.63, 3.8) is 0 Å². The number of nitrogens with one attached hydrogen (secondary N) is 1. The maximum Gasteiger partial charge on any atom is 0.00683 e. The summed E-state index contributed by atoms with van der Waals surface area (Å²) >= 11 is 0. The van der Waals surface area contributed by atoms with Gasteiger partial charge in [0.1, 0.15) is 0 Å². The molecule has 2 fully saturated rings. The van der Waals surface area contributed by atoms with E-state index in [-0.39, 0.29) is 0 Å². The second-order valence-corrected chi connectivity index (χ2v) is 6.40. The molecule has 1 aromatic carbocycles. The van der Waals surface area contributed by atoms with Crippen LogP contribution >= 0.6 is 0 Å². The zero-order valence-electron chi connectivity index (χ0n) is 11.7. The molecular weight excluding hydrogens is 218 g/mol. The molecule has 0 aromatic heterocycles. The first-order valence-corrected chi connectivity index (χ1v) is 7.54. The summed E-state index contributed by atoms with van der Waals surface area (Å²) in [6, 6.07) is 7.96. The summed E-state index contributed by atoms with van der Waals surface area (Å²) in [6.07, 6.45) is 7.02. The van der Waals surface area contributed by atoms with Crippen molar-refractivity contribution in [2.24, 2.45) is 5.92 Å². The van der Waals surface area contributed by atoms with Gasteiger partial charge in [0.05, 0.1) is 0 Å². The van der Waals surface area contributed by atoms with Crippen LogP contribution in [0.5, 0.6) is 0 Å². The average molecular weight is 243 g/mol. The van der Waals surface area contributed by atoms with Crippen LogP contribution in [0.25, 0.3) is 0 Å². The van der Waals surface area contributed by atoms with Crippen LogP contribution in [0.4, 0.5) is 0 Å². The summed E-state index contributed by atoms with van der Waals surface area (Å²) in [6.45, 7) is 5.69. The molecule has 0 saturated heterocycles. The van der Waals surface area contributed by atoms with Gasteiger partial charge in [-0.25, -0.2) is 0 Å². The first kappa shape index (κ1) is 12.2. The van der Waals surface area contributed by atoms with Crippen molar-refractivity contribution >= 4 is 0 Å². The van der Waals surface area contributed by atoms with Crippen LogP contribution in [0, 0.1) is 19.8 Å². The van der Waals surface area contributed by atoms with Gasteiger partial charge in [0.15, 0.2) is 0 Å². The molecule has 98 valence electrons. The molecule has 0 spiro atoms. The monoisotopic (exact) mass is 243 g/mol. The molecule has 0 amide bonds. The number of aryl methyl sites for hydroxylation is 2. The summed E-state index contributed by atoms with van der Waals surface area (Å²) in [5.41, 5.74) is 4.43. The Hall–Kier alpha value is -0.820. The molecule has 2 atom stereocenters. The maximum absolute atomic E-state index is 3.73. The van der Waals surface area contributed by atoms with E-state index in [0.717, 1.165) is 17.9 Å². The van der Waals surface area contributed by atoms with E-state index in [4.69, 9.17) is 0 Å². The smallest absolute Gasteiger partial charge is 0.00683 e. The van der Waals surface area contributed by atoms with Crippen molar-refractivity contribution in [3.05, 3.63) is 34.9 Å². The molecule has 0 radical (unpaired) electrons. The Balaban J connectivity index is 1.71. The summed E-state index contributed by atoms with van der Waals surface area (Å²) in [5, 5.41) is 3.73. The van der Waals surface area contributed by atoms with Gasteiger partial charge in [-0.1, -0.05) is 35.7 Å². The van der Waals surface area contributed by atoms with Crippen LogP contribution in [0.1, 0.15) is 54.7 Å². The van der Waals surface area contributed by atoms with Crippen molar-refractivity contribution in [1.82, 2.24) is 5.32 Å². The molecule has 2 aliphatic rings. The highest BCUT2D eigenvalue weighted by Gasteiger charge is 2.30. The molecule has 2 aliphatic carbocycles. The predicted octanol–water partition coefficient (Wildman–Crippen LogP) is 3.94. The number of rotatable bonds is 4. The van der Waals surface area contributed by atoms with E-state index in [1.165, 1.54) is 49.8 Å². The van der Waals surface area contributed by atoms with E-state index in [1.54, 1.807) is 5.56 Å². The Morgan fingerprint density at radius 3 is 2.39 bits per heavy atom. The third-order valence-corrected chi connectivity index (χ3v) is 4.58. The first-order chi connectivity index (χ1) is 8.72. The second-order valence-electron chi connectivity index (χ2n) is 6.40. The summed E-state index contributed by atoms with van der Waals surface area (Å²) in [7, 11) is 0. The van der Waals surface area contributed by atoms with Gasteiger partial charge < -0.3 is 5.32 Å². The zero-order valence-corrected chi connectivity index (χ0v) is 11.7. The highest BCUT2D eigenvalue weighted by molar-refractivity contribution is 5.32. The van der Waals surface area contributed by atoms with E-state index in [2.05, 4.69) is 37.4 Å². The van der Waals surface area contributed by atoms with Gasteiger partial charge in [-0.2, -0.15) is 0 Å². The lowest BCUT2D eigenvalue weighted by Crippen LogP contribution is -2.26. The zero-order chi connectivity index (χ0) is 12.5. The van der Waals surface area contributed by atoms with Gasteiger partial charge in [0, 0.05) is 6.04 Å². The molecule has 0 heterocycles. The lowest BCUT2D eigenvalue weighted by molar-refractivity contribution is 0.442. The standard InChI is InChI=1S/C17H25N/c1-12-8-13(2)10-15(9-12)17-5-3-4-14(17)11-18-16-6-7-16/h8-10,14,16-18H,3-7,11H2,1-2H3. The first-order valence-electron chi connectivity index (χ1n) is 7.54. The fourth-order valence-electron chi connectivity index (χ4n) is 3.55. The number of hydrogen-bond acceptors (Lipinski definition) is 1. The summed E-state index contributed by atoms with van der Waals surface area (Å²) in [5.74, 6) is 1.67. The van der Waals surface area contributed by atoms with Crippen molar-refractivity contribution in [3.8, 4) is 0 Å². The SMILES string of the molecule is Cc1cc(C)cc(C2CCCC2CNC2CC2)c1. The minimum absolute atomic E-state index is 0.801. The Labute approximate surface area is 111 Å². The van der Waals surface area contributed by atoms with E-state index in [1.807, 2.05) is 0 Å². The molecule has 2 unspecified atom stereocenters. The lowest BCUT2D eigenvalue weighted by Gasteiger charge is -2.21. The highest BCUT2D eigenvalue weighted by Crippen LogP contribution is 2.40. The van der Waals surface area contributed by atoms with Gasteiger partial charge in [0.2, 0.25) is 0 Å². The fraction of sp³-hybridized carbons (Fsp3) is 0.647. The molecule has 1 heteroatoms. The maximum atomic E-state index is 3.73. The topological polar surface area (TPSA) is 12.0 Å². The molecular formula is C17H25N. The Morgan fingerprint density at radius 2 is 1.72 bits per heavy atom. The van der Waals surface area contributed by atoms with Crippen LogP contribution in [0.3, 0.4) is 0 Å². The van der Waals surface area contributed by atoms with Crippen LogP contribution in [-0.4, -0.2) is 12.6 Å². The molecule has 2 saturated carbocycles. The lowest BCUT2D eigenvalue weighted by atomic mass is 9.87. The average Bonchev–Trinajstić information content (AvgIpc) is 3.02. The molecule has 1 N–H and O–H groups in total. The molecule has 0 bridgehead atoms. The Morgan fingerprint density at radius 1 is 1.00 bits per heavy atom. The van der Waals surface area contributed by atoms with E-state index in [9.17, 15) is 0 Å². The Kier molecular flexibility index (Phi) is 3.43. The molecule has 1 nitrogen and oxygen atoms in total. The van der Waals surface area contributed by atoms with E-state index in [0.29, 0.717) is 0 Å². The quantitative estimate of drug-likeness (QED) is 0.844. The van der Waals surface area contributed by atoms with Crippen LogP contribution in [-0.2, 0) is 0 Å². The molecule has 1 aromatic rings. The summed E-state index contributed by atoms with van der Waals surface area (Å²) in [4.78, 5) is 0. The van der Waals surface area contributed by atoms with Gasteiger partial charge in [-0.3, -0.25) is 0 Å². The van der Waals surface area contributed by atoms with E-state index >= 15 is 0 Å². The predicted molar refractivity (Wildman–Crippen MR) is 77.0 cm³/mol. The van der Waals surface area contributed by atoms with Crippen LogP contribution in [0.2, 0.25) is 0 Å². The van der Waals surface area contributed by atoms with Gasteiger partial charge >= 0.3 is 0 Å². The largest absolute Gasteiger partial charge is 0.314 e. The minimum Gasteiger partial charge on any atom is -0.314 e. The van der Waals surface area contributed by atoms with Crippen molar-refractivity contribution in [2.45, 2.75) is 57.9 Å². The molecule has 3 rings (SSSR count). The van der Waals surface area contributed by atoms with E-state index < -0.39 is 0 Å². The van der Waals surface area contributed by atoms with Crippen molar-refractivity contribution in [2.75, 3.05) is 6.54 Å². The Bertz CT molecular complexity index is 399. The van der Waals surface area contributed by atoms with Crippen LogP contribution in [0.15, 0.2) is 18.2 Å². The second kappa shape index (κ2) is 5.05. The minimum atomic E-state index is 0.801. The third-order valence-electron chi connectivity index (χ3n) is 4.58. The number of hydrogen-bond donors (Lipinski definition) is 1. The van der Waals surface area contributed by atoms with Crippen LogP contribution < -0.4 is 5.32 Å². The summed E-state index contributed by atoms with van der Waals surface area (Å²) < 4.78 is 0. The van der Waals surface area contributed by atoms with Crippen molar-refractivity contribution < 1.29 is 0 Å². The third kappa shape index (κ3) is 2.77. The number of benzene rings is 1. The fourth-order valence-corrected chi connectivity index (χ4v) is 3.55. The van der Waals surface area contributed by atoms with Crippen molar-refractivity contribution in [1.29, 1.82) is 0 Å². The molecule has 18 heavy (non-hydrogen) atoms. The normalized spacial score (nSPS) is 27.7. The highest BCUT2D eigenvalue weighted by atomic mass is 14.9. The molecule has 0 aliphatic heterocycles. The van der Waals surface area contributed by atoms with Gasteiger partial charge in [0.25, 0.3) is 0 Å². The van der Waals surface area contributed by atoms with Gasteiger partial charge in [-0.15, -0.1) is 0 Å².